The molecular weight excluding hydrogens is 164 g/mol. The molecule has 0 aromatic carbocycles. The highest BCUT2D eigenvalue weighted by molar-refractivity contribution is 4.93. The monoisotopic (exact) mass is 182 g/mol. The number of ether oxygens (including phenoxy) is 1. The zero-order chi connectivity index (χ0) is 9.68. The van der Waals surface area contributed by atoms with Crippen LogP contribution in [0.2, 0.25) is 0 Å². The Morgan fingerprint density at radius 3 is 2.23 bits per heavy atom. The van der Waals surface area contributed by atoms with E-state index in [0.717, 1.165) is 19.6 Å². The number of nitrogens with zero attached hydrogens (tertiary/aromatic N) is 1. The predicted octanol–water partition coefficient (Wildman–Crippen LogP) is 0.387. The largest absolute Gasteiger partial charge is 0.364 e. The van der Waals surface area contributed by atoms with Crippen LogP contribution in [0, 0.1) is 0 Å². The van der Waals surface area contributed by atoms with Crippen LogP contribution in [0.5, 0.6) is 0 Å². The molecule has 0 saturated carbocycles. The van der Waals surface area contributed by atoms with Crippen LogP contribution in [-0.4, -0.2) is 43.3 Å². The molecule has 0 amide bonds. The quantitative estimate of drug-likeness (QED) is 0.639. The van der Waals surface area contributed by atoms with Crippen molar-refractivity contribution in [3.05, 3.63) is 25.3 Å². The van der Waals surface area contributed by atoms with Crippen LogP contribution in [0.15, 0.2) is 25.3 Å². The maximum absolute atomic E-state index is 5.64. The lowest BCUT2D eigenvalue weighted by Gasteiger charge is -2.35. The Hall–Kier alpha value is -0.640. The van der Waals surface area contributed by atoms with E-state index in [0.29, 0.717) is 6.54 Å². The molecule has 1 fully saturated rings. The van der Waals surface area contributed by atoms with Gasteiger partial charge in [0.15, 0.2) is 0 Å². The number of nitrogens with two attached hydrogens (primary N) is 1. The van der Waals surface area contributed by atoms with Gasteiger partial charge in [0.1, 0.15) is 0 Å². The van der Waals surface area contributed by atoms with E-state index < -0.39 is 0 Å². The van der Waals surface area contributed by atoms with Gasteiger partial charge in [-0.25, -0.2) is 0 Å². The van der Waals surface area contributed by atoms with Gasteiger partial charge in [-0.05, 0) is 0 Å². The third-order valence-electron chi connectivity index (χ3n) is 2.20. The van der Waals surface area contributed by atoms with Gasteiger partial charge in [0, 0.05) is 26.2 Å². The number of hydrogen-bond acceptors (Lipinski definition) is 3. The minimum atomic E-state index is 0.114. The fourth-order valence-electron chi connectivity index (χ4n) is 1.52. The van der Waals surface area contributed by atoms with Crippen LogP contribution in [0.4, 0.5) is 0 Å². The van der Waals surface area contributed by atoms with Gasteiger partial charge in [-0.1, -0.05) is 12.2 Å². The summed E-state index contributed by atoms with van der Waals surface area (Å²) in [6.07, 6.45) is 3.89. The highest BCUT2D eigenvalue weighted by Gasteiger charge is 2.23. The van der Waals surface area contributed by atoms with Crippen LogP contribution in [-0.2, 0) is 4.74 Å². The van der Waals surface area contributed by atoms with Gasteiger partial charge in [0.2, 0.25) is 0 Å². The third-order valence-corrected chi connectivity index (χ3v) is 2.20. The highest BCUT2D eigenvalue weighted by atomic mass is 16.5. The summed E-state index contributed by atoms with van der Waals surface area (Å²) in [5.74, 6) is 0. The molecule has 2 N–H and O–H groups in total. The zero-order valence-corrected chi connectivity index (χ0v) is 7.98. The van der Waals surface area contributed by atoms with Gasteiger partial charge in [-0.15, -0.1) is 13.2 Å². The third kappa shape index (κ3) is 2.95. The van der Waals surface area contributed by atoms with E-state index in [1.54, 1.807) is 0 Å². The molecule has 1 aliphatic heterocycles. The van der Waals surface area contributed by atoms with Crippen molar-refractivity contribution in [1.82, 2.24) is 4.90 Å². The first-order valence-corrected chi connectivity index (χ1v) is 4.63. The lowest BCUT2D eigenvalue weighted by molar-refractivity contribution is -0.0399. The van der Waals surface area contributed by atoms with Crippen molar-refractivity contribution < 1.29 is 4.74 Å². The molecule has 0 bridgehead atoms. The maximum Gasteiger partial charge on any atom is 0.0888 e. The summed E-state index contributed by atoms with van der Waals surface area (Å²) in [6.45, 7) is 10.9. The molecule has 0 unspecified atom stereocenters. The molecule has 1 rings (SSSR count). The molecule has 74 valence electrons. The highest BCUT2D eigenvalue weighted by Crippen LogP contribution is 2.11. The smallest absolute Gasteiger partial charge is 0.0888 e. The summed E-state index contributed by atoms with van der Waals surface area (Å²) in [4.78, 5) is 2.28. The molecular formula is C10H18N2O. The van der Waals surface area contributed by atoms with Crippen molar-refractivity contribution in [2.24, 2.45) is 5.73 Å². The second kappa shape index (κ2) is 5.17. The minimum absolute atomic E-state index is 0.114. The van der Waals surface area contributed by atoms with Crippen LogP contribution in [0.1, 0.15) is 0 Å². The molecule has 1 aliphatic rings. The van der Waals surface area contributed by atoms with Crippen molar-refractivity contribution in [2.45, 2.75) is 12.2 Å². The summed E-state index contributed by atoms with van der Waals surface area (Å²) in [7, 11) is 0. The predicted molar refractivity (Wildman–Crippen MR) is 54.5 cm³/mol. The summed E-state index contributed by atoms with van der Waals surface area (Å²) in [6, 6.07) is 0. The number of hydrogen-bond donors (Lipinski definition) is 1. The van der Waals surface area contributed by atoms with Crippen molar-refractivity contribution in [1.29, 1.82) is 0 Å². The standard InChI is InChI=1S/C10H18N2O/c1-3-9-7-12(6-5-11)8-10(4-2)13-9/h3-4,9-10H,1-2,5-8,11H2/t9-,10+. The van der Waals surface area contributed by atoms with Crippen LogP contribution >= 0.6 is 0 Å². The van der Waals surface area contributed by atoms with Gasteiger partial charge >= 0.3 is 0 Å². The van der Waals surface area contributed by atoms with Crippen molar-refractivity contribution >= 4 is 0 Å². The Balaban J connectivity index is 2.48. The normalized spacial score (nSPS) is 29.9. The van der Waals surface area contributed by atoms with E-state index in [9.17, 15) is 0 Å². The van der Waals surface area contributed by atoms with Crippen molar-refractivity contribution in [3.8, 4) is 0 Å². The van der Waals surface area contributed by atoms with Crippen molar-refractivity contribution in [3.63, 3.8) is 0 Å². The first-order valence-electron chi connectivity index (χ1n) is 4.63. The Labute approximate surface area is 79.9 Å². The van der Waals surface area contributed by atoms with Crippen LogP contribution in [0.25, 0.3) is 0 Å². The fourth-order valence-corrected chi connectivity index (χ4v) is 1.52. The van der Waals surface area contributed by atoms with Gasteiger partial charge < -0.3 is 10.5 Å². The van der Waals surface area contributed by atoms with Gasteiger partial charge in [-0.3, -0.25) is 4.90 Å². The molecule has 0 radical (unpaired) electrons. The second-order valence-electron chi connectivity index (χ2n) is 3.23. The summed E-state index contributed by atoms with van der Waals surface area (Å²) < 4.78 is 5.64. The summed E-state index contributed by atoms with van der Waals surface area (Å²) in [5, 5.41) is 0. The molecule has 1 heterocycles. The fraction of sp³-hybridized carbons (Fsp3) is 0.600. The number of rotatable bonds is 4. The molecule has 0 aliphatic carbocycles. The molecule has 3 heteroatoms. The molecule has 1 saturated heterocycles. The number of morpholine rings is 1. The lowest BCUT2D eigenvalue weighted by Crippen LogP contribution is -2.47. The molecule has 0 aromatic rings. The molecule has 3 nitrogen and oxygen atoms in total. The molecule has 0 aromatic heterocycles. The Morgan fingerprint density at radius 1 is 1.31 bits per heavy atom. The van der Waals surface area contributed by atoms with E-state index in [1.807, 2.05) is 12.2 Å². The second-order valence-corrected chi connectivity index (χ2v) is 3.23. The lowest BCUT2D eigenvalue weighted by atomic mass is 10.2. The SMILES string of the molecule is C=C[C@@H]1CN(CCN)C[C@H](C=C)O1. The first-order chi connectivity index (χ1) is 6.30. The Kier molecular flexibility index (Phi) is 4.15. The van der Waals surface area contributed by atoms with Gasteiger partial charge in [0.25, 0.3) is 0 Å². The van der Waals surface area contributed by atoms with Crippen molar-refractivity contribution in [2.75, 3.05) is 26.2 Å². The van der Waals surface area contributed by atoms with Gasteiger partial charge in [0.05, 0.1) is 12.2 Å². The summed E-state index contributed by atoms with van der Waals surface area (Å²) in [5.41, 5.74) is 5.50. The van der Waals surface area contributed by atoms with Gasteiger partial charge in [-0.2, -0.15) is 0 Å². The van der Waals surface area contributed by atoms with Crippen LogP contribution in [0.3, 0.4) is 0 Å². The van der Waals surface area contributed by atoms with E-state index in [1.165, 1.54) is 0 Å². The topological polar surface area (TPSA) is 38.5 Å². The maximum atomic E-state index is 5.64. The van der Waals surface area contributed by atoms with Crippen LogP contribution < -0.4 is 5.73 Å². The molecule has 2 atom stereocenters. The zero-order valence-electron chi connectivity index (χ0n) is 7.98. The van der Waals surface area contributed by atoms with E-state index >= 15 is 0 Å². The average Bonchev–Trinajstić information content (AvgIpc) is 2.17. The summed E-state index contributed by atoms with van der Waals surface area (Å²) >= 11 is 0. The molecule has 13 heavy (non-hydrogen) atoms. The minimum Gasteiger partial charge on any atom is -0.364 e. The van der Waals surface area contributed by atoms with E-state index in [4.69, 9.17) is 10.5 Å². The van der Waals surface area contributed by atoms with E-state index in [2.05, 4.69) is 18.1 Å². The van der Waals surface area contributed by atoms with E-state index in [-0.39, 0.29) is 12.2 Å². The first kappa shape index (κ1) is 10.4. The Morgan fingerprint density at radius 2 is 1.85 bits per heavy atom. The molecule has 0 spiro atoms. The average molecular weight is 182 g/mol. The Bertz CT molecular complexity index is 166.